The molecule has 14 heteroatoms. The molecule has 0 heterocycles. The summed E-state index contributed by atoms with van der Waals surface area (Å²) >= 11 is 0. The molecule has 1 fully saturated rings. The lowest BCUT2D eigenvalue weighted by Crippen LogP contribution is -2.63. The third-order valence-electron chi connectivity index (χ3n) is 3.90. The van der Waals surface area contributed by atoms with Crippen molar-refractivity contribution in [1.82, 2.24) is 0 Å². The van der Waals surface area contributed by atoms with Gasteiger partial charge in [0.1, 0.15) is 0 Å². The zero-order chi connectivity index (χ0) is 21.3. The number of sulfonamides is 1. The minimum Gasteiger partial charge on any atom is -0.480 e. The predicted molar refractivity (Wildman–Crippen MR) is 75.5 cm³/mol. The van der Waals surface area contributed by atoms with Crippen LogP contribution >= 0.6 is 0 Å². The van der Waals surface area contributed by atoms with E-state index >= 15 is 0 Å². The Morgan fingerprint density at radius 1 is 0.926 bits per heavy atom. The Kier molecular flexibility index (Phi) is 6.76. The molecule has 27 heavy (non-hydrogen) atoms. The summed E-state index contributed by atoms with van der Waals surface area (Å²) in [5.41, 5.74) is 0. The van der Waals surface area contributed by atoms with E-state index in [0.29, 0.717) is 19.3 Å². The summed E-state index contributed by atoms with van der Waals surface area (Å²) in [4.78, 5) is 0. The maximum atomic E-state index is 13.7. The van der Waals surface area contributed by atoms with Gasteiger partial charge in [0.25, 0.3) is 0 Å². The van der Waals surface area contributed by atoms with Crippen LogP contribution in [0.1, 0.15) is 39.0 Å². The molecule has 0 spiro atoms. The van der Waals surface area contributed by atoms with Crippen molar-refractivity contribution < 1.29 is 52.7 Å². The van der Waals surface area contributed by atoms with Crippen LogP contribution in [-0.4, -0.2) is 44.2 Å². The highest BCUT2D eigenvalue weighted by Gasteiger charge is 2.85. The minimum absolute atomic E-state index is 0.203. The number of ether oxygens (including phenoxy) is 1. The monoisotopic (exact) mass is 437 g/mol. The standard InChI is InChI=1S/C13H16F9NO3S/c1-2-26-9(8-6-4-3-5-7-8)23-27(24,25)13(21,22)11(16,17)10(14,15)12(18,19)20/h8H,2-7H2,1H3/b23-9-. The maximum Gasteiger partial charge on any atom is 0.460 e. The molecule has 160 valence electrons. The average Bonchev–Trinajstić information content (AvgIpc) is 2.53. The molecule has 0 bridgehead atoms. The van der Waals surface area contributed by atoms with Crippen LogP contribution in [0.3, 0.4) is 0 Å². The van der Waals surface area contributed by atoms with Gasteiger partial charge in [-0.3, -0.25) is 0 Å². The first kappa shape index (κ1) is 23.8. The van der Waals surface area contributed by atoms with E-state index in [1.54, 1.807) is 0 Å². The van der Waals surface area contributed by atoms with Crippen molar-refractivity contribution in [1.29, 1.82) is 0 Å². The van der Waals surface area contributed by atoms with E-state index in [-0.39, 0.29) is 19.4 Å². The molecule has 0 aromatic carbocycles. The molecule has 0 atom stereocenters. The third-order valence-corrected chi connectivity index (χ3v) is 5.22. The number of nitrogens with zero attached hydrogens (tertiary/aromatic N) is 1. The fourth-order valence-corrected chi connectivity index (χ4v) is 3.42. The highest BCUT2D eigenvalue weighted by atomic mass is 32.2. The summed E-state index contributed by atoms with van der Waals surface area (Å²) < 4.78 is 146. The van der Waals surface area contributed by atoms with E-state index in [4.69, 9.17) is 4.74 Å². The molecular formula is C13H16F9NO3S. The Balaban J connectivity index is 3.40. The second kappa shape index (κ2) is 7.66. The SMILES string of the molecule is CCO/C(=N\S(=O)(=O)C(F)(F)C(F)(F)C(F)(F)C(F)(F)F)C1CCCCC1. The molecule has 0 radical (unpaired) electrons. The highest BCUT2D eigenvalue weighted by Crippen LogP contribution is 2.55. The Bertz CT molecular complexity index is 652. The van der Waals surface area contributed by atoms with Gasteiger partial charge in [0, 0.05) is 5.92 Å². The molecule has 1 rings (SSSR count). The van der Waals surface area contributed by atoms with Gasteiger partial charge in [-0.1, -0.05) is 19.3 Å². The van der Waals surface area contributed by atoms with Crippen molar-refractivity contribution in [2.24, 2.45) is 10.3 Å². The summed E-state index contributed by atoms with van der Waals surface area (Å²) in [6.45, 7) is 0.973. The van der Waals surface area contributed by atoms with Crippen LogP contribution in [0, 0.1) is 5.92 Å². The molecule has 0 aliphatic heterocycles. The van der Waals surface area contributed by atoms with Crippen LogP contribution in [0.5, 0.6) is 0 Å². The molecular weight excluding hydrogens is 421 g/mol. The van der Waals surface area contributed by atoms with Crippen LogP contribution in [0.2, 0.25) is 0 Å². The van der Waals surface area contributed by atoms with Crippen molar-refractivity contribution in [3.05, 3.63) is 0 Å². The lowest BCUT2D eigenvalue weighted by molar-refractivity contribution is -0.382. The summed E-state index contributed by atoms with van der Waals surface area (Å²) in [6, 6.07) is 0. The third kappa shape index (κ3) is 4.29. The lowest BCUT2D eigenvalue weighted by Gasteiger charge is -2.32. The van der Waals surface area contributed by atoms with Crippen LogP contribution in [0.15, 0.2) is 4.40 Å². The highest BCUT2D eigenvalue weighted by molar-refractivity contribution is 7.91. The van der Waals surface area contributed by atoms with E-state index < -0.39 is 45.1 Å². The quantitative estimate of drug-likeness (QED) is 0.342. The normalized spacial score (nSPS) is 19.3. The van der Waals surface area contributed by atoms with Gasteiger partial charge in [0.2, 0.25) is 5.90 Å². The van der Waals surface area contributed by atoms with E-state index in [1.165, 1.54) is 6.92 Å². The van der Waals surface area contributed by atoms with Crippen LogP contribution in [-0.2, 0) is 14.8 Å². The lowest BCUT2D eigenvalue weighted by atomic mass is 9.89. The van der Waals surface area contributed by atoms with Crippen molar-refractivity contribution in [3.63, 3.8) is 0 Å². The van der Waals surface area contributed by atoms with Gasteiger partial charge >= 0.3 is 33.3 Å². The summed E-state index contributed by atoms with van der Waals surface area (Å²) in [5.74, 6) is -16.4. The first-order chi connectivity index (χ1) is 12.0. The Morgan fingerprint density at radius 3 is 1.81 bits per heavy atom. The van der Waals surface area contributed by atoms with Gasteiger partial charge in [-0.05, 0) is 19.8 Å². The number of alkyl halides is 9. The number of hydrogen-bond donors (Lipinski definition) is 0. The van der Waals surface area contributed by atoms with Gasteiger partial charge in [0.15, 0.2) is 0 Å². The molecule has 0 N–H and O–H groups in total. The van der Waals surface area contributed by atoms with Crippen LogP contribution < -0.4 is 0 Å². The Labute approximate surface area is 148 Å². The molecule has 0 aromatic heterocycles. The van der Waals surface area contributed by atoms with Crippen molar-refractivity contribution in [3.8, 4) is 0 Å². The van der Waals surface area contributed by atoms with E-state index in [0.717, 1.165) is 0 Å². The molecule has 0 saturated heterocycles. The molecule has 0 aromatic rings. The second-order valence-corrected chi connectivity index (χ2v) is 7.48. The Morgan fingerprint density at radius 2 is 1.41 bits per heavy atom. The predicted octanol–water partition coefficient (Wildman–Crippen LogP) is 4.76. The van der Waals surface area contributed by atoms with Gasteiger partial charge in [-0.25, -0.2) is 0 Å². The molecule has 0 amide bonds. The van der Waals surface area contributed by atoms with E-state index in [1.807, 2.05) is 0 Å². The smallest absolute Gasteiger partial charge is 0.460 e. The number of hydrogen-bond acceptors (Lipinski definition) is 3. The fourth-order valence-electron chi connectivity index (χ4n) is 2.41. The van der Waals surface area contributed by atoms with Gasteiger partial charge in [-0.2, -0.15) is 47.9 Å². The van der Waals surface area contributed by atoms with Crippen molar-refractivity contribution >= 4 is 15.9 Å². The topological polar surface area (TPSA) is 55.7 Å². The zero-order valence-electron chi connectivity index (χ0n) is 13.8. The second-order valence-electron chi connectivity index (χ2n) is 5.84. The first-order valence-corrected chi connectivity index (χ1v) is 9.14. The van der Waals surface area contributed by atoms with E-state index in [2.05, 4.69) is 4.40 Å². The van der Waals surface area contributed by atoms with Crippen LogP contribution in [0.25, 0.3) is 0 Å². The van der Waals surface area contributed by atoms with Gasteiger partial charge in [-0.15, -0.1) is 4.40 Å². The van der Waals surface area contributed by atoms with E-state index in [9.17, 15) is 47.9 Å². The minimum atomic E-state index is -7.32. The van der Waals surface area contributed by atoms with Gasteiger partial charge < -0.3 is 4.74 Å². The average molecular weight is 437 g/mol. The summed E-state index contributed by atoms with van der Waals surface area (Å²) in [6.07, 6.45) is -4.98. The fraction of sp³-hybridized carbons (Fsp3) is 0.923. The zero-order valence-corrected chi connectivity index (χ0v) is 14.6. The number of rotatable bonds is 6. The first-order valence-electron chi connectivity index (χ1n) is 7.70. The van der Waals surface area contributed by atoms with Crippen LogP contribution in [0.4, 0.5) is 39.5 Å². The van der Waals surface area contributed by atoms with Crippen molar-refractivity contribution in [2.45, 2.75) is 62.3 Å². The van der Waals surface area contributed by atoms with Crippen molar-refractivity contribution in [2.75, 3.05) is 6.61 Å². The molecule has 1 saturated carbocycles. The summed E-state index contributed by atoms with van der Waals surface area (Å²) in [5, 5.41) is -6.84. The maximum absolute atomic E-state index is 13.7. The molecule has 4 nitrogen and oxygen atoms in total. The number of halogens is 9. The molecule has 1 aliphatic carbocycles. The Hall–Kier alpha value is -1.21. The molecule has 0 unspecified atom stereocenters. The largest absolute Gasteiger partial charge is 0.480 e. The molecule has 1 aliphatic rings. The summed E-state index contributed by atoms with van der Waals surface area (Å²) in [7, 11) is -6.83. The van der Waals surface area contributed by atoms with Gasteiger partial charge in [0.05, 0.1) is 6.61 Å².